The van der Waals surface area contributed by atoms with Crippen LogP contribution in [0.1, 0.15) is 59.3 Å². The van der Waals surface area contributed by atoms with Crippen LogP contribution < -0.4 is 5.32 Å². The highest BCUT2D eigenvalue weighted by Crippen LogP contribution is 2.40. The lowest BCUT2D eigenvalue weighted by molar-refractivity contribution is -0.0419. The average Bonchev–Trinajstić information content (AvgIpc) is 2.89. The van der Waals surface area contributed by atoms with Gasteiger partial charge in [-0.2, -0.15) is 0 Å². The zero-order valence-electron chi connectivity index (χ0n) is 13.3. The highest BCUT2D eigenvalue weighted by atomic mass is 16.5. The van der Waals surface area contributed by atoms with E-state index >= 15 is 0 Å². The number of piperazine rings is 1. The Morgan fingerprint density at radius 1 is 1.21 bits per heavy atom. The number of nitrogens with zero attached hydrogens (tertiary/aromatic N) is 1. The monoisotopic (exact) mass is 268 g/mol. The van der Waals surface area contributed by atoms with E-state index in [0.717, 1.165) is 6.61 Å². The van der Waals surface area contributed by atoms with Crippen LogP contribution in [0.5, 0.6) is 0 Å². The van der Waals surface area contributed by atoms with Crippen LogP contribution in [-0.4, -0.2) is 48.8 Å². The summed E-state index contributed by atoms with van der Waals surface area (Å²) in [6, 6.07) is 0.530. The van der Waals surface area contributed by atoms with Crippen LogP contribution in [0.3, 0.4) is 0 Å². The molecule has 1 N–H and O–H groups in total. The Morgan fingerprint density at radius 2 is 1.84 bits per heavy atom. The van der Waals surface area contributed by atoms with Crippen LogP contribution in [0.25, 0.3) is 0 Å². The van der Waals surface area contributed by atoms with Gasteiger partial charge in [0.15, 0.2) is 0 Å². The van der Waals surface area contributed by atoms with Gasteiger partial charge in [0, 0.05) is 37.3 Å². The van der Waals surface area contributed by atoms with Gasteiger partial charge in [0.25, 0.3) is 0 Å². The first-order valence-electron chi connectivity index (χ1n) is 8.12. The van der Waals surface area contributed by atoms with Gasteiger partial charge in [-0.05, 0) is 32.6 Å². The molecule has 1 heterocycles. The molecule has 1 saturated heterocycles. The first-order valence-corrected chi connectivity index (χ1v) is 8.12. The van der Waals surface area contributed by atoms with Gasteiger partial charge in [-0.15, -0.1) is 0 Å². The van der Waals surface area contributed by atoms with Gasteiger partial charge in [0.05, 0.1) is 6.61 Å². The molecule has 0 aromatic carbocycles. The smallest absolute Gasteiger partial charge is 0.0615 e. The van der Waals surface area contributed by atoms with Crippen LogP contribution in [0.2, 0.25) is 0 Å². The lowest BCUT2D eigenvalue weighted by Crippen LogP contribution is -2.71. The fraction of sp³-hybridized carbons (Fsp3) is 1.00. The Balaban J connectivity index is 2.18. The lowest BCUT2D eigenvalue weighted by atomic mass is 9.81. The van der Waals surface area contributed by atoms with E-state index in [9.17, 15) is 0 Å². The van der Waals surface area contributed by atoms with Crippen molar-refractivity contribution in [1.82, 2.24) is 10.2 Å². The van der Waals surface area contributed by atoms with Gasteiger partial charge in [-0.1, -0.05) is 26.7 Å². The summed E-state index contributed by atoms with van der Waals surface area (Å²) in [6.45, 7) is 10.2. The molecule has 1 aliphatic carbocycles. The quantitative estimate of drug-likeness (QED) is 0.830. The van der Waals surface area contributed by atoms with E-state index in [2.05, 4.69) is 31.0 Å². The molecule has 0 bridgehead atoms. The molecule has 0 amide bonds. The second-order valence-electron chi connectivity index (χ2n) is 6.70. The van der Waals surface area contributed by atoms with Crippen LogP contribution in [0.15, 0.2) is 0 Å². The van der Waals surface area contributed by atoms with E-state index in [1.54, 1.807) is 0 Å². The summed E-state index contributed by atoms with van der Waals surface area (Å²) in [7, 11) is 1.83. The minimum atomic E-state index is 0.315. The molecular formula is C16H32N2O. The molecule has 0 aromatic rings. The summed E-state index contributed by atoms with van der Waals surface area (Å²) in [6.07, 6.45) is 7.94. The molecule has 0 aromatic heterocycles. The van der Waals surface area contributed by atoms with Gasteiger partial charge in [-0.3, -0.25) is 4.90 Å². The fourth-order valence-electron chi connectivity index (χ4n) is 4.18. The molecular weight excluding hydrogens is 236 g/mol. The third-order valence-electron chi connectivity index (χ3n) is 5.70. The normalized spacial score (nSPS) is 27.8. The SMILES string of the molecule is CCC1(CC)CN(C(C)COC)C2(CCCC2)CN1. The number of methoxy groups -OCH3 is 1. The predicted molar refractivity (Wildman–Crippen MR) is 80.6 cm³/mol. The van der Waals surface area contributed by atoms with Crippen molar-refractivity contribution >= 4 is 0 Å². The maximum Gasteiger partial charge on any atom is 0.0615 e. The molecule has 1 atom stereocenters. The van der Waals surface area contributed by atoms with Crippen molar-refractivity contribution in [3.8, 4) is 0 Å². The van der Waals surface area contributed by atoms with Crippen molar-refractivity contribution in [3.05, 3.63) is 0 Å². The largest absolute Gasteiger partial charge is 0.383 e. The number of hydrogen-bond acceptors (Lipinski definition) is 3. The van der Waals surface area contributed by atoms with Gasteiger partial charge in [0.1, 0.15) is 0 Å². The Bertz CT molecular complexity index is 282. The van der Waals surface area contributed by atoms with Crippen LogP contribution in [0.4, 0.5) is 0 Å². The number of rotatable bonds is 5. The molecule has 2 rings (SSSR count). The highest BCUT2D eigenvalue weighted by Gasteiger charge is 2.48. The van der Waals surface area contributed by atoms with Gasteiger partial charge in [-0.25, -0.2) is 0 Å². The second-order valence-corrected chi connectivity index (χ2v) is 6.70. The van der Waals surface area contributed by atoms with E-state index < -0.39 is 0 Å². The van der Waals surface area contributed by atoms with Crippen LogP contribution in [-0.2, 0) is 4.74 Å². The molecule has 19 heavy (non-hydrogen) atoms. The topological polar surface area (TPSA) is 24.5 Å². The van der Waals surface area contributed by atoms with Crippen molar-refractivity contribution < 1.29 is 4.74 Å². The first kappa shape index (κ1) is 15.3. The molecule has 3 heteroatoms. The standard InChI is InChI=1S/C16H32N2O/c1-5-15(6-2)13-18(14(3)11-19-4)16(12-17-15)9-7-8-10-16/h14,17H,5-13H2,1-4H3. The molecule has 1 saturated carbocycles. The molecule has 1 unspecified atom stereocenters. The molecule has 0 radical (unpaired) electrons. The Labute approximate surface area is 119 Å². The zero-order valence-corrected chi connectivity index (χ0v) is 13.3. The van der Waals surface area contributed by atoms with Crippen molar-refractivity contribution in [2.45, 2.75) is 76.4 Å². The van der Waals surface area contributed by atoms with Gasteiger partial charge >= 0.3 is 0 Å². The van der Waals surface area contributed by atoms with Crippen LogP contribution in [0, 0.1) is 0 Å². The summed E-state index contributed by atoms with van der Waals surface area (Å²) in [5, 5.41) is 3.91. The average molecular weight is 268 g/mol. The van der Waals surface area contributed by atoms with Crippen molar-refractivity contribution in [2.75, 3.05) is 26.8 Å². The summed E-state index contributed by atoms with van der Waals surface area (Å²) >= 11 is 0. The second kappa shape index (κ2) is 6.11. The Hall–Kier alpha value is -0.120. The summed E-state index contributed by atoms with van der Waals surface area (Å²) in [5.74, 6) is 0. The van der Waals surface area contributed by atoms with E-state index in [0.29, 0.717) is 17.1 Å². The zero-order chi connectivity index (χ0) is 13.9. The Morgan fingerprint density at radius 3 is 2.37 bits per heavy atom. The summed E-state index contributed by atoms with van der Waals surface area (Å²) in [4.78, 5) is 2.78. The minimum Gasteiger partial charge on any atom is -0.383 e. The van der Waals surface area contributed by atoms with E-state index in [1.807, 2.05) is 7.11 Å². The molecule has 3 nitrogen and oxygen atoms in total. The fourth-order valence-corrected chi connectivity index (χ4v) is 4.18. The van der Waals surface area contributed by atoms with E-state index in [4.69, 9.17) is 4.74 Å². The maximum atomic E-state index is 5.43. The van der Waals surface area contributed by atoms with Gasteiger partial charge in [0.2, 0.25) is 0 Å². The number of nitrogens with one attached hydrogen (secondary N) is 1. The molecule has 1 aliphatic heterocycles. The van der Waals surface area contributed by atoms with Crippen molar-refractivity contribution in [3.63, 3.8) is 0 Å². The third kappa shape index (κ3) is 2.84. The molecule has 2 fully saturated rings. The summed E-state index contributed by atoms with van der Waals surface area (Å²) < 4.78 is 5.43. The van der Waals surface area contributed by atoms with Crippen molar-refractivity contribution in [1.29, 1.82) is 0 Å². The Kier molecular flexibility index (Phi) is 4.91. The number of ether oxygens (including phenoxy) is 1. The highest BCUT2D eigenvalue weighted by molar-refractivity contribution is 5.07. The third-order valence-corrected chi connectivity index (χ3v) is 5.70. The lowest BCUT2D eigenvalue weighted by Gasteiger charge is -2.55. The summed E-state index contributed by atoms with van der Waals surface area (Å²) in [5.41, 5.74) is 0.724. The van der Waals surface area contributed by atoms with E-state index in [-0.39, 0.29) is 0 Å². The maximum absolute atomic E-state index is 5.43. The molecule has 1 spiro atoms. The predicted octanol–water partition coefficient (Wildman–Crippen LogP) is 2.80. The number of hydrogen-bond donors (Lipinski definition) is 1. The van der Waals surface area contributed by atoms with Crippen molar-refractivity contribution in [2.24, 2.45) is 0 Å². The van der Waals surface area contributed by atoms with Crippen LogP contribution >= 0.6 is 0 Å². The molecule has 2 aliphatic rings. The first-order chi connectivity index (χ1) is 9.11. The minimum absolute atomic E-state index is 0.315. The molecule has 112 valence electrons. The van der Waals surface area contributed by atoms with Gasteiger partial charge < -0.3 is 10.1 Å². The van der Waals surface area contributed by atoms with E-state index in [1.165, 1.54) is 51.6 Å².